The molecule has 1 heterocycles. The second-order valence-electron chi connectivity index (χ2n) is 3.63. The highest BCUT2D eigenvalue weighted by atomic mass is 16.5. The maximum atomic E-state index is 10.4. The lowest BCUT2D eigenvalue weighted by atomic mass is 10.2. The molecule has 9 nitrogen and oxygen atoms in total. The van der Waals surface area contributed by atoms with E-state index in [0.717, 1.165) is 4.68 Å². The van der Waals surface area contributed by atoms with Gasteiger partial charge in [-0.25, -0.2) is 10.1 Å². The van der Waals surface area contributed by atoms with E-state index in [0.29, 0.717) is 11.3 Å². The van der Waals surface area contributed by atoms with Crippen LogP contribution in [0.1, 0.15) is 5.56 Å². The molecule has 0 unspecified atom stereocenters. The molecule has 0 aliphatic heterocycles. The van der Waals surface area contributed by atoms with Crippen molar-refractivity contribution in [1.29, 1.82) is 0 Å². The van der Waals surface area contributed by atoms with Crippen LogP contribution in [0.15, 0.2) is 35.7 Å². The van der Waals surface area contributed by atoms with E-state index in [2.05, 4.69) is 20.7 Å². The van der Waals surface area contributed by atoms with Gasteiger partial charge in [0.15, 0.2) is 0 Å². The summed E-state index contributed by atoms with van der Waals surface area (Å²) < 4.78 is 6.23. The number of ether oxygens (including phenoxy) is 1. The van der Waals surface area contributed by atoms with Gasteiger partial charge in [-0.1, -0.05) is 12.1 Å². The molecule has 2 rings (SSSR count). The molecule has 0 atom stereocenters. The van der Waals surface area contributed by atoms with Crippen LogP contribution < -0.4 is 21.1 Å². The zero-order chi connectivity index (χ0) is 14.4. The number of hydrogen-bond acceptors (Lipinski definition) is 8. The lowest BCUT2D eigenvalue weighted by Crippen LogP contribution is -2.29. The summed E-state index contributed by atoms with van der Waals surface area (Å²) in [4.78, 5) is 10.4. The molecular formula is C11H11N6O3-. The number of carbonyl (C=O) groups is 1. The highest BCUT2D eigenvalue weighted by molar-refractivity contribution is 5.84. The monoisotopic (exact) mass is 275 g/mol. The van der Waals surface area contributed by atoms with E-state index in [-0.39, 0.29) is 5.95 Å². The first kappa shape index (κ1) is 13.3. The number of nitrogens with zero attached hydrogens (tertiary/aromatic N) is 4. The fraction of sp³-hybridized carbons (Fsp3) is 0.0909. The summed E-state index contributed by atoms with van der Waals surface area (Å²) in [5.41, 5.74) is 3.17. The number of nitrogen functional groups attached to an aromatic ring is 1. The molecular weight excluding hydrogens is 264 g/mol. The van der Waals surface area contributed by atoms with E-state index in [1.54, 1.807) is 24.3 Å². The van der Waals surface area contributed by atoms with Crippen molar-refractivity contribution >= 4 is 18.1 Å². The van der Waals surface area contributed by atoms with E-state index in [9.17, 15) is 9.90 Å². The molecule has 9 heteroatoms. The third kappa shape index (κ3) is 3.45. The van der Waals surface area contributed by atoms with Crippen molar-refractivity contribution in [2.75, 3.05) is 17.9 Å². The van der Waals surface area contributed by atoms with E-state index >= 15 is 0 Å². The van der Waals surface area contributed by atoms with Gasteiger partial charge in [-0.3, -0.25) is 0 Å². The molecule has 1 aromatic carbocycles. The minimum atomic E-state index is -1.30. The van der Waals surface area contributed by atoms with E-state index in [4.69, 9.17) is 10.6 Å². The van der Waals surface area contributed by atoms with Crippen molar-refractivity contribution < 1.29 is 14.6 Å². The normalized spacial score (nSPS) is 10.6. The Kier molecular flexibility index (Phi) is 4.12. The van der Waals surface area contributed by atoms with Gasteiger partial charge in [0.05, 0.1) is 12.2 Å². The van der Waals surface area contributed by atoms with Crippen LogP contribution in [0.5, 0.6) is 5.75 Å². The number of benzene rings is 1. The largest absolute Gasteiger partial charge is 0.546 e. The zero-order valence-corrected chi connectivity index (χ0v) is 10.3. The van der Waals surface area contributed by atoms with E-state index < -0.39 is 12.6 Å². The third-order valence-corrected chi connectivity index (χ3v) is 2.21. The van der Waals surface area contributed by atoms with Crippen molar-refractivity contribution in [1.82, 2.24) is 14.9 Å². The number of hydrazone groups is 1. The lowest BCUT2D eigenvalue weighted by molar-refractivity contribution is -0.307. The van der Waals surface area contributed by atoms with Gasteiger partial charge in [0, 0.05) is 5.56 Å². The van der Waals surface area contributed by atoms with Crippen LogP contribution in [-0.4, -0.2) is 33.7 Å². The molecule has 2 aromatic rings. The molecule has 0 spiro atoms. The molecule has 0 aliphatic carbocycles. The molecule has 0 aliphatic rings. The number of para-hydroxylation sites is 1. The number of anilines is 1. The SMILES string of the molecule is Nn1cnnc1N/N=C\c1ccccc1OCC(=O)[O-]. The Balaban J connectivity index is 2.05. The Bertz CT molecular complexity index is 624. The van der Waals surface area contributed by atoms with Crippen molar-refractivity contribution in [2.45, 2.75) is 0 Å². The smallest absolute Gasteiger partial charge is 0.263 e. The van der Waals surface area contributed by atoms with Gasteiger partial charge in [-0.05, 0) is 12.1 Å². The number of nitrogens with two attached hydrogens (primary N) is 1. The van der Waals surface area contributed by atoms with Crippen molar-refractivity contribution in [3.63, 3.8) is 0 Å². The molecule has 20 heavy (non-hydrogen) atoms. The van der Waals surface area contributed by atoms with E-state index in [1.807, 2.05) is 0 Å². The first-order valence-electron chi connectivity index (χ1n) is 5.52. The fourth-order valence-corrected chi connectivity index (χ4v) is 1.34. The van der Waals surface area contributed by atoms with Crippen LogP contribution in [-0.2, 0) is 4.79 Å². The van der Waals surface area contributed by atoms with Crippen molar-refractivity contribution in [3.05, 3.63) is 36.2 Å². The zero-order valence-electron chi connectivity index (χ0n) is 10.3. The number of hydrogen-bond donors (Lipinski definition) is 2. The van der Waals surface area contributed by atoms with Gasteiger partial charge in [-0.15, -0.1) is 10.2 Å². The summed E-state index contributed by atoms with van der Waals surface area (Å²) in [7, 11) is 0. The van der Waals surface area contributed by atoms with Gasteiger partial charge >= 0.3 is 0 Å². The second-order valence-corrected chi connectivity index (χ2v) is 3.63. The van der Waals surface area contributed by atoms with Gasteiger partial charge in [-0.2, -0.15) is 5.10 Å². The van der Waals surface area contributed by atoms with Crippen molar-refractivity contribution in [3.8, 4) is 5.75 Å². The number of carbonyl (C=O) groups excluding carboxylic acids is 1. The number of rotatable bonds is 6. The Morgan fingerprint density at radius 2 is 2.35 bits per heavy atom. The predicted molar refractivity (Wildman–Crippen MR) is 68.3 cm³/mol. The Hall–Kier alpha value is -3.10. The third-order valence-electron chi connectivity index (χ3n) is 2.21. The topological polar surface area (TPSA) is 130 Å². The summed E-state index contributed by atoms with van der Waals surface area (Å²) in [5, 5.41) is 21.5. The molecule has 0 radical (unpaired) electrons. The molecule has 0 fully saturated rings. The number of carboxylic acids is 1. The summed E-state index contributed by atoms with van der Waals surface area (Å²) in [6.45, 7) is -0.532. The van der Waals surface area contributed by atoms with Crippen LogP contribution in [0.3, 0.4) is 0 Å². The van der Waals surface area contributed by atoms with Crippen LogP contribution >= 0.6 is 0 Å². The second kappa shape index (κ2) is 6.18. The van der Waals surface area contributed by atoms with Gasteiger partial charge < -0.3 is 20.5 Å². The quantitative estimate of drug-likeness (QED) is 0.375. The minimum Gasteiger partial charge on any atom is -0.546 e. The summed E-state index contributed by atoms with van der Waals surface area (Å²) in [6.07, 6.45) is 2.76. The molecule has 0 saturated carbocycles. The Labute approximate surface area is 113 Å². The highest BCUT2D eigenvalue weighted by Gasteiger charge is 2.01. The average Bonchev–Trinajstić information content (AvgIpc) is 2.83. The molecule has 0 saturated heterocycles. The van der Waals surface area contributed by atoms with Crippen LogP contribution in [0.25, 0.3) is 0 Å². The van der Waals surface area contributed by atoms with Gasteiger partial charge in [0.1, 0.15) is 18.7 Å². The molecule has 0 amide bonds. The van der Waals surface area contributed by atoms with Crippen molar-refractivity contribution in [2.24, 2.45) is 5.10 Å². The number of nitrogens with one attached hydrogen (secondary N) is 1. The predicted octanol–water partition coefficient (Wildman–Crippen LogP) is -1.43. The summed E-state index contributed by atoms with van der Waals surface area (Å²) in [5.74, 6) is 4.82. The Morgan fingerprint density at radius 3 is 3.05 bits per heavy atom. The molecule has 1 aromatic heterocycles. The summed E-state index contributed by atoms with van der Waals surface area (Å²) in [6, 6.07) is 6.81. The highest BCUT2D eigenvalue weighted by Crippen LogP contribution is 2.15. The fourth-order valence-electron chi connectivity index (χ4n) is 1.34. The summed E-state index contributed by atoms with van der Waals surface area (Å²) >= 11 is 0. The minimum absolute atomic E-state index is 0.259. The number of aromatic nitrogens is 3. The lowest BCUT2D eigenvalue weighted by Gasteiger charge is -2.08. The standard InChI is InChI=1S/C11H12N6O3/c12-17-7-14-16-11(17)15-13-5-8-3-1-2-4-9(8)20-6-10(18)19/h1-5,7H,6,12H2,(H,15,16)(H,18,19)/p-1/b13-5-. The number of aliphatic carboxylic acids is 1. The molecule has 104 valence electrons. The Morgan fingerprint density at radius 1 is 1.55 bits per heavy atom. The maximum absolute atomic E-state index is 10.4. The number of carboxylic acid groups (broad SMARTS) is 1. The first-order chi connectivity index (χ1) is 9.66. The van der Waals surface area contributed by atoms with Crippen LogP contribution in [0.4, 0.5) is 5.95 Å². The first-order valence-corrected chi connectivity index (χ1v) is 5.52. The average molecular weight is 275 g/mol. The van der Waals surface area contributed by atoms with Gasteiger partial charge in [0.2, 0.25) is 0 Å². The molecule has 0 bridgehead atoms. The molecule has 3 N–H and O–H groups in total. The van der Waals surface area contributed by atoms with E-state index in [1.165, 1.54) is 12.5 Å². The van der Waals surface area contributed by atoms with Crippen LogP contribution in [0, 0.1) is 0 Å². The maximum Gasteiger partial charge on any atom is 0.263 e. The van der Waals surface area contributed by atoms with Gasteiger partial charge in [0.25, 0.3) is 5.95 Å². The van der Waals surface area contributed by atoms with Crippen LogP contribution in [0.2, 0.25) is 0 Å².